The molecule has 0 saturated carbocycles. The van der Waals surface area contributed by atoms with Gasteiger partial charge in [-0.15, -0.1) is 0 Å². The van der Waals surface area contributed by atoms with Crippen LogP contribution in [0.15, 0.2) is 60.7 Å². The molecular formula is C21H28N2O2. The summed E-state index contributed by atoms with van der Waals surface area (Å²) in [5.74, 6) is 0. The van der Waals surface area contributed by atoms with Crippen LogP contribution in [0, 0.1) is 0 Å². The first-order valence-corrected chi connectivity index (χ1v) is 8.78. The van der Waals surface area contributed by atoms with Gasteiger partial charge < -0.3 is 15.7 Å². The summed E-state index contributed by atoms with van der Waals surface area (Å²) < 4.78 is 0. The van der Waals surface area contributed by atoms with Crippen molar-refractivity contribution in [2.45, 2.75) is 38.1 Å². The highest BCUT2D eigenvalue weighted by Crippen LogP contribution is 2.22. The lowest BCUT2D eigenvalue weighted by Crippen LogP contribution is -2.43. The number of hydrogen-bond acceptors (Lipinski definition) is 2. The Kier molecular flexibility index (Phi) is 7.02. The lowest BCUT2D eigenvalue weighted by molar-refractivity contribution is 0.231. The Balaban J connectivity index is 1.94. The second-order valence-corrected chi connectivity index (χ2v) is 6.91. The molecule has 0 saturated heterocycles. The van der Waals surface area contributed by atoms with Crippen molar-refractivity contribution in [3.8, 4) is 0 Å². The van der Waals surface area contributed by atoms with Crippen molar-refractivity contribution >= 4 is 6.03 Å². The number of carbonyl (C=O) groups excluding carboxylic acids is 1. The second kappa shape index (κ2) is 9.23. The number of benzene rings is 2. The minimum absolute atomic E-state index is 0.104. The van der Waals surface area contributed by atoms with Crippen LogP contribution in [0.4, 0.5) is 4.79 Å². The van der Waals surface area contributed by atoms with E-state index in [0.717, 1.165) is 5.56 Å². The van der Waals surface area contributed by atoms with Crippen molar-refractivity contribution in [1.29, 1.82) is 0 Å². The van der Waals surface area contributed by atoms with E-state index in [0.29, 0.717) is 19.4 Å². The van der Waals surface area contributed by atoms with Crippen LogP contribution in [0.2, 0.25) is 0 Å². The summed E-state index contributed by atoms with van der Waals surface area (Å²) in [5, 5.41) is 15.1. The fourth-order valence-corrected chi connectivity index (χ4v) is 2.80. The highest BCUT2D eigenvalue weighted by atomic mass is 16.3. The SMILES string of the molecule is CC(C)(CNC(=O)NC(CCCO)c1ccccc1)c1ccccc1. The molecule has 4 heteroatoms. The van der Waals surface area contributed by atoms with Gasteiger partial charge in [-0.05, 0) is 24.0 Å². The minimum atomic E-state index is -0.184. The number of aliphatic hydroxyl groups is 1. The van der Waals surface area contributed by atoms with Crippen LogP contribution in [-0.4, -0.2) is 24.3 Å². The van der Waals surface area contributed by atoms with Gasteiger partial charge in [0.05, 0.1) is 6.04 Å². The van der Waals surface area contributed by atoms with E-state index in [-0.39, 0.29) is 24.1 Å². The quantitative estimate of drug-likeness (QED) is 0.685. The molecule has 0 bridgehead atoms. The predicted molar refractivity (Wildman–Crippen MR) is 102 cm³/mol. The maximum atomic E-state index is 12.4. The third-order valence-corrected chi connectivity index (χ3v) is 4.40. The van der Waals surface area contributed by atoms with E-state index in [1.54, 1.807) is 0 Å². The molecule has 1 atom stereocenters. The van der Waals surface area contributed by atoms with E-state index in [4.69, 9.17) is 5.11 Å². The van der Waals surface area contributed by atoms with Gasteiger partial charge in [-0.25, -0.2) is 4.79 Å². The smallest absolute Gasteiger partial charge is 0.315 e. The summed E-state index contributed by atoms with van der Waals surface area (Å²) in [7, 11) is 0. The molecule has 2 aromatic rings. The molecule has 4 nitrogen and oxygen atoms in total. The van der Waals surface area contributed by atoms with E-state index < -0.39 is 0 Å². The maximum absolute atomic E-state index is 12.4. The Hall–Kier alpha value is -2.33. The Labute approximate surface area is 150 Å². The van der Waals surface area contributed by atoms with Crippen molar-refractivity contribution in [1.82, 2.24) is 10.6 Å². The van der Waals surface area contributed by atoms with Crippen molar-refractivity contribution in [2.75, 3.05) is 13.2 Å². The van der Waals surface area contributed by atoms with E-state index in [2.05, 4.69) is 36.6 Å². The molecule has 1 unspecified atom stereocenters. The second-order valence-electron chi connectivity index (χ2n) is 6.91. The van der Waals surface area contributed by atoms with Crippen molar-refractivity contribution in [3.05, 3.63) is 71.8 Å². The van der Waals surface area contributed by atoms with E-state index in [1.165, 1.54) is 5.56 Å². The van der Waals surface area contributed by atoms with Gasteiger partial charge in [0.2, 0.25) is 0 Å². The van der Waals surface area contributed by atoms with Gasteiger partial charge in [0.15, 0.2) is 0 Å². The Morgan fingerprint density at radius 2 is 1.64 bits per heavy atom. The molecular weight excluding hydrogens is 312 g/mol. The largest absolute Gasteiger partial charge is 0.396 e. The summed E-state index contributed by atoms with van der Waals surface area (Å²) >= 11 is 0. The first-order chi connectivity index (χ1) is 12.0. The van der Waals surface area contributed by atoms with Gasteiger partial charge in [0.1, 0.15) is 0 Å². The molecule has 0 aromatic heterocycles. The summed E-state index contributed by atoms with van der Waals surface area (Å²) in [6.45, 7) is 4.89. The van der Waals surface area contributed by atoms with E-state index >= 15 is 0 Å². The third kappa shape index (κ3) is 5.91. The molecule has 0 radical (unpaired) electrons. The van der Waals surface area contributed by atoms with E-state index in [1.807, 2.05) is 48.5 Å². The van der Waals surface area contributed by atoms with Crippen molar-refractivity contribution < 1.29 is 9.90 Å². The zero-order valence-electron chi connectivity index (χ0n) is 15.0. The minimum Gasteiger partial charge on any atom is -0.396 e. The van der Waals surface area contributed by atoms with Crippen LogP contribution >= 0.6 is 0 Å². The number of hydrogen-bond donors (Lipinski definition) is 3. The first-order valence-electron chi connectivity index (χ1n) is 8.78. The summed E-state index contributed by atoms with van der Waals surface area (Å²) in [6, 6.07) is 19.7. The topological polar surface area (TPSA) is 61.4 Å². The van der Waals surface area contributed by atoms with Gasteiger partial charge in [-0.3, -0.25) is 0 Å². The number of carbonyl (C=O) groups is 1. The normalized spacial score (nSPS) is 12.4. The van der Waals surface area contributed by atoms with Crippen LogP contribution in [0.1, 0.15) is 43.9 Å². The highest BCUT2D eigenvalue weighted by Gasteiger charge is 2.22. The number of amides is 2. The lowest BCUT2D eigenvalue weighted by atomic mass is 9.85. The zero-order chi connectivity index (χ0) is 18.1. The van der Waals surface area contributed by atoms with Crippen LogP contribution in [-0.2, 0) is 5.41 Å². The molecule has 0 heterocycles. The molecule has 0 fully saturated rings. The van der Waals surface area contributed by atoms with Crippen LogP contribution < -0.4 is 10.6 Å². The fraction of sp³-hybridized carbons (Fsp3) is 0.381. The first kappa shape index (κ1) is 19.0. The van der Waals surface area contributed by atoms with Crippen molar-refractivity contribution in [2.24, 2.45) is 0 Å². The molecule has 3 N–H and O–H groups in total. The molecule has 0 spiro atoms. The Morgan fingerprint density at radius 1 is 1.04 bits per heavy atom. The van der Waals surface area contributed by atoms with Gasteiger partial charge in [0, 0.05) is 18.6 Å². The number of nitrogens with one attached hydrogen (secondary N) is 2. The van der Waals surface area contributed by atoms with E-state index in [9.17, 15) is 4.79 Å². The van der Waals surface area contributed by atoms with Gasteiger partial charge in [-0.2, -0.15) is 0 Å². The highest BCUT2D eigenvalue weighted by molar-refractivity contribution is 5.74. The number of rotatable bonds is 8. The molecule has 2 amide bonds. The van der Waals surface area contributed by atoms with Crippen LogP contribution in [0.25, 0.3) is 0 Å². The van der Waals surface area contributed by atoms with Gasteiger partial charge >= 0.3 is 6.03 Å². The summed E-state index contributed by atoms with van der Waals surface area (Å²) in [6.07, 6.45) is 1.35. The average Bonchev–Trinajstić information content (AvgIpc) is 2.65. The fourth-order valence-electron chi connectivity index (χ4n) is 2.80. The maximum Gasteiger partial charge on any atom is 0.315 e. The molecule has 0 aliphatic heterocycles. The molecule has 0 aliphatic rings. The van der Waals surface area contributed by atoms with Gasteiger partial charge in [0.25, 0.3) is 0 Å². The average molecular weight is 340 g/mol. The third-order valence-electron chi connectivity index (χ3n) is 4.40. The summed E-state index contributed by atoms with van der Waals surface area (Å²) in [4.78, 5) is 12.4. The zero-order valence-corrected chi connectivity index (χ0v) is 15.0. The van der Waals surface area contributed by atoms with Crippen LogP contribution in [0.3, 0.4) is 0 Å². The molecule has 25 heavy (non-hydrogen) atoms. The van der Waals surface area contributed by atoms with Gasteiger partial charge in [-0.1, -0.05) is 74.5 Å². The summed E-state index contributed by atoms with van der Waals surface area (Å²) in [5.41, 5.74) is 2.09. The number of urea groups is 1. The standard InChI is InChI=1S/C21H28N2O2/c1-21(2,18-12-7-4-8-13-18)16-22-20(25)23-19(14-9-15-24)17-10-5-3-6-11-17/h3-8,10-13,19,24H,9,14-16H2,1-2H3,(H2,22,23,25). The van der Waals surface area contributed by atoms with Crippen LogP contribution in [0.5, 0.6) is 0 Å². The monoisotopic (exact) mass is 340 g/mol. The Bertz CT molecular complexity index is 641. The Morgan fingerprint density at radius 3 is 2.24 bits per heavy atom. The number of aliphatic hydroxyl groups excluding tert-OH is 1. The molecule has 134 valence electrons. The predicted octanol–water partition coefficient (Wildman–Crippen LogP) is 3.78. The molecule has 2 aromatic carbocycles. The van der Waals surface area contributed by atoms with Crippen molar-refractivity contribution in [3.63, 3.8) is 0 Å². The lowest BCUT2D eigenvalue weighted by Gasteiger charge is -2.27. The molecule has 0 aliphatic carbocycles. The molecule has 2 rings (SSSR count).